The number of aliphatic carboxylic acids is 2. The van der Waals surface area contributed by atoms with E-state index in [1.54, 1.807) is 12.1 Å². The number of rotatable bonds is 5. The van der Waals surface area contributed by atoms with Crippen LogP contribution in [0, 0.1) is 21.4 Å². The molecule has 182 valence electrons. The van der Waals surface area contributed by atoms with Crippen LogP contribution >= 0.6 is 0 Å². The molecule has 0 bridgehead atoms. The minimum absolute atomic E-state index is 0.0216. The number of piperidine rings is 1. The van der Waals surface area contributed by atoms with Gasteiger partial charge in [0.05, 0.1) is 17.6 Å². The molecular weight excluding hydrogens is 432 g/mol. The van der Waals surface area contributed by atoms with Crippen molar-refractivity contribution in [3.8, 4) is 5.75 Å². The summed E-state index contributed by atoms with van der Waals surface area (Å²) in [6, 6.07) is 3.32. The Morgan fingerprint density at radius 2 is 1.73 bits per heavy atom. The highest BCUT2D eigenvalue weighted by atomic mass is 16.6. The molecule has 10 heteroatoms. The van der Waals surface area contributed by atoms with Crippen molar-refractivity contribution in [3.05, 3.63) is 45.5 Å². The molecule has 1 fully saturated rings. The molecule has 3 N–H and O–H groups in total. The maximum atomic E-state index is 12.0. The predicted molar refractivity (Wildman–Crippen MR) is 120 cm³/mol. The predicted octanol–water partition coefficient (Wildman–Crippen LogP) is 2.82. The summed E-state index contributed by atoms with van der Waals surface area (Å²) in [6.07, 6.45) is 4.52. The summed E-state index contributed by atoms with van der Waals surface area (Å²) in [4.78, 5) is 32.3. The average Bonchev–Trinajstić information content (AvgIpc) is 2.75. The van der Waals surface area contributed by atoms with E-state index >= 15 is 0 Å². The maximum Gasteiger partial charge on any atom is 0.328 e. The lowest BCUT2D eigenvalue weighted by Gasteiger charge is -2.53. The first kappa shape index (κ1) is 26.3. The Labute approximate surface area is 192 Å². The van der Waals surface area contributed by atoms with Crippen molar-refractivity contribution in [2.75, 3.05) is 27.2 Å². The van der Waals surface area contributed by atoms with E-state index in [-0.39, 0.29) is 22.8 Å². The van der Waals surface area contributed by atoms with Crippen molar-refractivity contribution in [3.63, 3.8) is 0 Å². The molecule has 1 aliphatic heterocycles. The van der Waals surface area contributed by atoms with Gasteiger partial charge >= 0.3 is 17.6 Å². The number of likely N-dealkylation sites (tertiary alicyclic amines) is 1. The quantitative estimate of drug-likeness (QED) is 0.339. The highest BCUT2D eigenvalue weighted by Crippen LogP contribution is 2.56. The van der Waals surface area contributed by atoms with Gasteiger partial charge in [0.2, 0.25) is 0 Å². The van der Waals surface area contributed by atoms with E-state index < -0.39 is 22.5 Å². The Hall–Kier alpha value is -2.98. The van der Waals surface area contributed by atoms with Gasteiger partial charge in [-0.05, 0) is 74.3 Å². The van der Waals surface area contributed by atoms with Gasteiger partial charge < -0.3 is 25.0 Å². The molecule has 3 rings (SSSR count). The fourth-order valence-corrected chi connectivity index (χ4v) is 4.82. The van der Waals surface area contributed by atoms with Gasteiger partial charge in [-0.3, -0.25) is 10.1 Å². The molecule has 0 amide bonds. The van der Waals surface area contributed by atoms with Crippen molar-refractivity contribution < 1.29 is 34.6 Å². The molecule has 1 aliphatic carbocycles. The third kappa shape index (κ3) is 5.69. The number of carboxylic acids is 2. The van der Waals surface area contributed by atoms with Crippen LogP contribution in [0.5, 0.6) is 5.75 Å². The van der Waals surface area contributed by atoms with Crippen molar-refractivity contribution in [2.45, 2.75) is 45.1 Å². The number of carbonyl (C=O) groups is 2. The van der Waals surface area contributed by atoms with Gasteiger partial charge in [-0.1, -0.05) is 13.8 Å². The molecule has 0 radical (unpaired) electrons. The second-order valence-corrected chi connectivity index (χ2v) is 9.18. The molecule has 1 aromatic carbocycles. The summed E-state index contributed by atoms with van der Waals surface area (Å²) in [6.45, 7) is 6.15. The van der Waals surface area contributed by atoms with Crippen molar-refractivity contribution in [2.24, 2.45) is 11.3 Å². The zero-order chi connectivity index (χ0) is 25.0. The van der Waals surface area contributed by atoms with Gasteiger partial charge in [-0.15, -0.1) is 0 Å². The van der Waals surface area contributed by atoms with Crippen LogP contribution in [-0.4, -0.2) is 64.3 Å². The molecule has 1 unspecified atom stereocenters. The van der Waals surface area contributed by atoms with Crippen LogP contribution in [0.2, 0.25) is 0 Å². The fourth-order valence-electron chi connectivity index (χ4n) is 4.82. The number of aliphatic hydroxyl groups is 1. The summed E-state index contributed by atoms with van der Waals surface area (Å²) in [5.74, 6) is -2.14. The molecule has 0 spiro atoms. The third-order valence-electron chi connectivity index (χ3n) is 6.74. The van der Waals surface area contributed by atoms with E-state index in [0.29, 0.717) is 12.2 Å². The highest BCUT2D eigenvalue weighted by Gasteiger charge is 2.54. The van der Waals surface area contributed by atoms with Gasteiger partial charge in [-0.25, -0.2) is 9.59 Å². The minimum atomic E-state index is -1.26. The van der Waals surface area contributed by atoms with E-state index in [2.05, 4.69) is 25.8 Å². The smallest absolute Gasteiger partial charge is 0.328 e. The number of methoxy groups -OCH3 is 1. The standard InChI is InChI=1S/C19H28N2O4.C4H4O4/c1-18(2)8-5-13-11-16(21(23)24)17(25-4)12-15(13)19(18,22)14-6-9-20(3)10-7-14;5-3(6)1-2-4(7)8/h11-12,14,22H,5-10H2,1-4H3;1-2H,(H,5,6)(H,7,8). The van der Waals surface area contributed by atoms with E-state index in [1.165, 1.54) is 7.11 Å². The van der Waals surface area contributed by atoms with Gasteiger partial charge in [0.15, 0.2) is 5.75 Å². The van der Waals surface area contributed by atoms with Gasteiger partial charge in [0.1, 0.15) is 0 Å². The van der Waals surface area contributed by atoms with Gasteiger partial charge in [0.25, 0.3) is 0 Å². The summed E-state index contributed by atoms with van der Waals surface area (Å²) in [5, 5.41) is 38.9. The number of hydrogen-bond donors (Lipinski definition) is 3. The van der Waals surface area contributed by atoms with Crippen LogP contribution in [0.25, 0.3) is 0 Å². The highest BCUT2D eigenvalue weighted by molar-refractivity contribution is 5.89. The van der Waals surface area contributed by atoms with Crippen LogP contribution in [0.3, 0.4) is 0 Å². The molecule has 1 aromatic rings. The SMILES string of the molecule is COc1cc2c(cc1[N+](=O)[O-])CCC(C)(C)C2(O)C1CCN(C)CC1.O=C(O)C=CC(=O)O. The van der Waals surface area contributed by atoms with Crippen LogP contribution in [-0.2, 0) is 21.6 Å². The molecule has 0 aromatic heterocycles. The normalized spacial score (nSPS) is 22.7. The number of aryl methyl sites for hydroxylation is 1. The topological polar surface area (TPSA) is 150 Å². The van der Waals surface area contributed by atoms with Crippen molar-refractivity contribution >= 4 is 17.6 Å². The number of nitro groups is 1. The van der Waals surface area contributed by atoms with E-state index in [4.69, 9.17) is 14.9 Å². The first-order valence-electron chi connectivity index (χ1n) is 10.7. The summed E-state index contributed by atoms with van der Waals surface area (Å²) in [7, 11) is 3.55. The second kappa shape index (κ2) is 10.3. The first-order valence-corrected chi connectivity index (χ1v) is 10.7. The van der Waals surface area contributed by atoms with Crippen molar-refractivity contribution in [1.29, 1.82) is 0 Å². The lowest BCUT2D eigenvalue weighted by atomic mass is 9.56. The molecule has 0 saturated carbocycles. The summed E-state index contributed by atoms with van der Waals surface area (Å²) >= 11 is 0. The number of fused-ring (bicyclic) bond motifs is 1. The number of benzene rings is 1. The molecule has 1 heterocycles. The Balaban J connectivity index is 0.000000414. The Bertz CT molecular complexity index is 919. The monoisotopic (exact) mass is 464 g/mol. The number of nitro benzene ring substituents is 1. The fraction of sp³-hybridized carbons (Fsp3) is 0.565. The van der Waals surface area contributed by atoms with E-state index in [9.17, 15) is 24.8 Å². The second-order valence-electron chi connectivity index (χ2n) is 9.18. The van der Waals surface area contributed by atoms with Crippen LogP contribution in [0.4, 0.5) is 5.69 Å². The summed E-state index contributed by atoms with van der Waals surface area (Å²) in [5.41, 5.74) is 0.395. The maximum absolute atomic E-state index is 12.0. The largest absolute Gasteiger partial charge is 0.490 e. The number of carboxylic acid groups (broad SMARTS) is 2. The van der Waals surface area contributed by atoms with E-state index in [0.717, 1.165) is 49.9 Å². The number of nitrogens with zero attached hydrogens (tertiary/aromatic N) is 2. The lowest BCUT2D eigenvalue weighted by molar-refractivity contribution is -0.385. The van der Waals surface area contributed by atoms with Crippen LogP contribution in [0.1, 0.15) is 44.2 Å². The Morgan fingerprint density at radius 1 is 1.18 bits per heavy atom. The molecule has 10 nitrogen and oxygen atoms in total. The number of ether oxygens (including phenoxy) is 1. The number of hydrogen-bond acceptors (Lipinski definition) is 7. The lowest BCUT2D eigenvalue weighted by Crippen LogP contribution is -2.53. The van der Waals surface area contributed by atoms with Gasteiger partial charge in [-0.2, -0.15) is 0 Å². The zero-order valence-corrected chi connectivity index (χ0v) is 19.4. The van der Waals surface area contributed by atoms with Crippen LogP contribution < -0.4 is 4.74 Å². The molecule has 33 heavy (non-hydrogen) atoms. The Kier molecular flexibility index (Phi) is 8.20. The molecule has 2 aliphatic rings. The zero-order valence-electron chi connectivity index (χ0n) is 19.4. The summed E-state index contributed by atoms with van der Waals surface area (Å²) < 4.78 is 5.28. The average molecular weight is 465 g/mol. The third-order valence-corrected chi connectivity index (χ3v) is 6.74. The first-order chi connectivity index (χ1) is 15.3. The van der Waals surface area contributed by atoms with Gasteiger partial charge in [0, 0.05) is 18.2 Å². The van der Waals surface area contributed by atoms with Crippen molar-refractivity contribution in [1.82, 2.24) is 4.90 Å². The van der Waals surface area contributed by atoms with E-state index in [1.807, 2.05) is 0 Å². The molecule has 1 atom stereocenters. The minimum Gasteiger partial charge on any atom is -0.490 e. The molecule has 1 saturated heterocycles. The Morgan fingerprint density at radius 3 is 2.18 bits per heavy atom. The van der Waals surface area contributed by atoms with Crippen LogP contribution in [0.15, 0.2) is 24.3 Å². The molecular formula is C23H32N2O8.